The summed E-state index contributed by atoms with van der Waals surface area (Å²) >= 11 is 0. The Morgan fingerprint density at radius 2 is 2.32 bits per heavy atom. The predicted molar refractivity (Wildman–Crippen MR) is 72.7 cm³/mol. The van der Waals surface area contributed by atoms with E-state index in [1.165, 1.54) is 0 Å². The van der Waals surface area contributed by atoms with Gasteiger partial charge < -0.3 is 10.2 Å². The summed E-state index contributed by atoms with van der Waals surface area (Å²) in [7, 11) is 1.80. The van der Waals surface area contributed by atoms with Crippen molar-refractivity contribution in [3.8, 4) is 0 Å². The SMILES string of the molecule is CCN(C)C(=O)CNCc1cnc2cc(C)nn2c1. The summed E-state index contributed by atoms with van der Waals surface area (Å²) in [5.41, 5.74) is 2.78. The van der Waals surface area contributed by atoms with E-state index < -0.39 is 0 Å². The van der Waals surface area contributed by atoms with Gasteiger partial charge in [-0.1, -0.05) is 0 Å². The van der Waals surface area contributed by atoms with Crippen LogP contribution in [0.3, 0.4) is 0 Å². The minimum atomic E-state index is 0.0893. The first-order chi connectivity index (χ1) is 9.10. The lowest BCUT2D eigenvalue weighted by Gasteiger charge is -2.14. The fraction of sp³-hybridized carbons (Fsp3) is 0.462. The molecule has 0 atom stereocenters. The Balaban J connectivity index is 1.92. The van der Waals surface area contributed by atoms with Crippen LogP contribution in [0.4, 0.5) is 0 Å². The monoisotopic (exact) mass is 261 g/mol. The first kappa shape index (κ1) is 13.5. The van der Waals surface area contributed by atoms with Gasteiger partial charge in [-0.15, -0.1) is 0 Å². The highest BCUT2D eigenvalue weighted by molar-refractivity contribution is 5.77. The minimum Gasteiger partial charge on any atom is -0.345 e. The number of carbonyl (C=O) groups is 1. The van der Waals surface area contributed by atoms with Gasteiger partial charge in [0.15, 0.2) is 5.65 Å². The third-order valence-electron chi connectivity index (χ3n) is 2.99. The molecule has 0 fully saturated rings. The average molecular weight is 261 g/mol. The third-order valence-corrected chi connectivity index (χ3v) is 2.99. The molecular weight excluding hydrogens is 242 g/mol. The summed E-state index contributed by atoms with van der Waals surface area (Å²) in [6.07, 6.45) is 3.73. The molecule has 0 bridgehead atoms. The highest BCUT2D eigenvalue weighted by Crippen LogP contribution is 2.04. The second-order valence-corrected chi connectivity index (χ2v) is 4.56. The molecule has 19 heavy (non-hydrogen) atoms. The van der Waals surface area contributed by atoms with Gasteiger partial charge in [0, 0.05) is 44.2 Å². The molecule has 6 heteroatoms. The summed E-state index contributed by atoms with van der Waals surface area (Å²) in [5.74, 6) is 0.0893. The van der Waals surface area contributed by atoms with Crippen LogP contribution in [-0.4, -0.2) is 45.5 Å². The van der Waals surface area contributed by atoms with Crippen molar-refractivity contribution in [3.63, 3.8) is 0 Å². The van der Waals surface area contributed by atoms with E-state index in [-0.39, 0.29) is 5.91 Å². The maximum absolute atomic E-state index is 11.6. The molecule has 0 aromatic carbocycles. The summed E-state index contributed by atoms with van der Waals surface area (Å²) in [4.78, 5) is 17.6. The molecule has 2 aromatic rings. The Kier molecular flexibility index (Phi) is 4.11. The largest absolute Gasteiger partial charge is 0.345 e. The number of aryl methyl sites for hydroxylation is 1. The average Bonchev–Trinajstić information content (AvgIpc) is 2.77. The van der Waals surface area contributed by atoms with Crippen LogP contribution in [0.15, 0.2) is 18.5 Å². The lowest BCUT2D eigenvalue weighted by Crippen LogP contribution is -2.35. The van der Waals surface area contributed by atoms with Crippen LogP contribution >= 0.6 is 0 Å². The Hall–Kier alpha value is -1.95. The molecule has 0 unspecified atom stereocenters. The minimum absolute atomic E-state index is 0.0893. The van der Waals surface area contributed by atoms with E-state index in [0.717, 1.165) is 23.4 Å². The fourth-order valence-electron chi connectivity index (χ4n) is 1.75. The normalized spacial score (nSPS) is 10.9. The molecule has 0 radical (unpaired) electrons. The molecule has 2 rings (SSSR count). The van der Waals surface area contributed by atoms with Crippen LogP contribution in [0.25, 0.3) is 5.65 Å². The van der Waals surface area contributed by atoms with Gasteiger partial charge in [0.2, 0.25) is 5.91 Å². The van der Waals surface area contributed by atoms with Gasteiger partial charge in [-0.3, -0.25) is 4.79 Å². The molecule has 0 aliphatic rings. The highest BCUT2D eigenvalue weighted by atomic mass is 16.2. The topological polar surface area (TPSA) is 62.5 Å². The van der Waals surface area contributed by atoms with Gasteiger partial charge in [0.25, 0.3) is 0 Å². The zero-order valence-electron chi connectivity index (χ0n) is 11.6. The van der Waals surface area contributed by atoms with Crippen LogP contribution in [0.2, 0.25) is 0 Å². The summed E-state index contributed by atoms with van der Waals surface area (Å²) < 4.78 is 1.76. The van der Waals surface area contributed by atoms with Gasteiger partial charge in [-0.05, 0) is 13.8 Å². The molecular formula is C13H19N5O. The number of nitrogens with zero attached hydrogens (tertiary/aromatic N) is 4. The van der Waals surface area contributed by atoms with Gasteiger partial charge >= 0.3 is 0 Å². The molecule has 0 aliphatic carbocycles. The summed E-state index contributed by atoms with van der Waals surface area (Å²) in [5, 5.41) is 7.43. The number of hydrogen-bond donors (Lipinski definition) is 1. The molecule has 1 N–H and O–H groups in total. The zero-order chi connectivity index (χ0) is 13.8. The number of aromatic nitrogens is 3. The summed E-state index contributed by atoms with van der Waals surface area (Å²) in [6.45, 7) is 5.55. The van der Waals surface area contributed by atoms with Gasteiger partial charge in [-0.25, -0.2) is 9.50 Å². The molecule has 2 heterocycles. The van der Waals surface area contributed by atoms with E-state index >= 15 is 0 Å². The maximum Gasteiger partial charge on any atom is 0.236 e. The molecule has 2 aromatic heterocycles. The number of hydrogen-bond acceptors (Lipinski definition) is 4. The Bertz CT molecular complexity index is 577. The number of nitrogens with one attached hydrogen (secondary N) is 1. The molecule has 0 spiro atoms. The molecule has 0 aliphatic heterocycles. The van der Waals surface area contributed by atoms with Gasteiger partial charge in [-0.2, -0.15) is 5.10 Å². The predicted octanol–water partition coefficient (Wildman–Crippen LogP) is 0.606. The number of carbonyl (C=O) groups excluding carboxylic acids is 1. The lowest BCUT2D eigenvalue weighted by molar-refractivity contribution is -0.128. The van der Waals surface area contributed by atoms with Crippen molar-refractivity contribution in [1.82, 2.24) is 24.8 Å². The van der Waals surface area contributed by atoms with Crippen LogP contribution < -0.4 is 5.32 Å². The van der Waals surface area contributed by atoms with E-state index in [0.29, 0.717) is 13.1 Å². The van der Waals surface area contributed by atoms with Gasteiger partial charge in [0.05, 0.1) is 12.2 Å². The van der Waals surface area contributed by atoms with Crippen molar-refractivity contribution >= 4 is 11.6 Å². The van der Waals surface area contributed by atoms with E-state index in [1.807, 2.05) is 26.1 Å². The highest BCUT2D eigenvalue weighted by Gasteiger charge is 2.06. The molecule has 1 amide bonds. The lowest BCUT2D eigenvalue weighted by atomic mass is 10.3. The zero-order valence-corrected chi connectivity index (χ0v) is 11.6. The molecule has 6 nitrogen and oxygen atoms in total. The van der Waals surface area contributed by atoms with Crippen molar-refractivity contribution in [3.05, 3.63) is 29.7 Å². The first-order valence-electron chi connectivity index (χ1n) is 6.35. The molecule has 0 saturated carbocycles. The van der Waals surface area contributed by atoms with Crippen LogP contribution in [0.5, 0.6) is 0 Å². The maximum atomic E-state index is 11.6. The Morgan fingerprint density at radius 1 is 1.53 bits per heavy atom. The van der Waals surface area contributed by atoms with E-state index in [2.05, 4.69) is 15.4 Å². The first-order valence-corrected chi connectivity index (χ1v) is 6.35. The number of amides is 1. The van der Waals surface area contributed by atoms with Crippen molar-refractivity contribution in [2.75, 3.05) is 20.1 Å². The van der Waals surface area contributed by atoms with Crippen LogP contribution in [0, 0.1) is 6.92 Å². The second-order valence-electron chi connectivity index (χ2n) is 4.56. The number of fused-ring (bicyclic) bond motifs is 1. The van der Waals surface area contributed by atoms with Gasteiger partial charge in [0.1, 0.15) is 0 Å². The number of rotatable bonds is 5. The Morgan fingerprint density at radius 3 is 3.05 bits per heavy atom. The second kappa shape index (κ2) is 5.79. The third kappa shape index (κ3) is 3.29. The van der Waals surface area contributed by atoms with Crippen molar-refractivity contribution < 1.29 is 4.79 Å². The summed E-state index contributed by atoms with van der Waals surface area (Å²) in [6, 6.07) is 1.93. The van der Waals surface area contributed by atoms with Crippen LogP contribution in [-0.2, 0) is 11.3 Å². The van der Waals surface area contributed by atoms with Crippen molar-refractivity contribution in [2.45, 2.75) is 20.4 Å². The quantitative estimate of drug-likeness (QED) is 0.856. The number of likely N-dealkylation sites (N-methyl/N-ethyl adjacent to an activating group) is 1. The van der Waals surface area contributed by atoms with Crippen molar-refractivity contribution in [1.29, 1.82) is 0 Å². The smallest absolute Gasteiger partial charge is 0.236 e. The van der Waals surface area contributed by atoms with Crippen molar-refractivity contribution in [2.24, 2.45) is 0 Å². The van der Waals surface area contributed by atoms with E-state index in [4.69, 9.17) is 0 Å². The molecule has 102 valence electrons. The fourth-order valence-corrected chi connectivity index (χ4v) is 1.75. The Labute approximate surface area is 112 Å². The molecule has 0 saturated heterocycles. The standard InChI is InChI=1S/C13H19N5O/c1-4-17(3)13(19)8-14-6-11-7-15-12-5-10(2)16-18(12)9-11/h5,7,9,14H,4,6,8H2,1-3H3. The van der Waals surface area contributed by atoms with E-state index in [9.17, 15) is 4.79 Å². The van der Waals surface area contributed by atoms with E-state index in [1.54, 1.807) is 22.7 Å². The van der Waals surface area contributed by atoms with Crippen LogP contribution in [0.1, 0.15) is 18.2 Å².